The number of carbonyl (C=O) groups is 1. The summed E-state index contributed by atoms with van der Waals surface area (Å²) in [6.07, 6.45) is 3.96. The van der Waals surface area contributed by atoms with E-state index in [0.29, 0.717) is 15.6 Å². The molecule has 1 fully saturated rings. The minimum absolute atomic E-state index is 0.151. The maximum atomic E-state index is 13.2. The number of nitrogens with one attached hydrogen (secondary N) is 1. The predicted molar refractivity (Wildman–Crippen MR) is 134 cm³/mol. The lowest BCUT2D eigenvalue weighted by atomic mass is 10.1. The first-order valence-corrected chi connectivity index (χ1v) is 11.4. The van der Waals surface area contributed by atoms with Gasteiger partial charge in [0.05, 0.1) is 15.6 Å². The Hall–Kier alpha value is -3.28. The number of aryl methyl sites for hydroxylation is 1. The molecule has 0 aliphatic carbocycles. The zero-order valence-electron chi connectivity index (χ0n) is 17.4. The van der Waals surface area contributed by atoms with E-state index < -0.39 is 0 Å². The van der Waals surface area contributed by atoms with Crippen molar-refractivity contribution in [3.8, 4) is 0 Å². The molecule has 158 valence electrons. The summed E-state index contributed by atoms with van der Waals surface area (Å²) in [5.41, 5.74) is 5.04. The van der Waals surface area contributed by atoms with Crippen LogP contribution in [0, 0.1) is 12.3 Å². The van der Waals surface area contributed by atoms with Gasteiger partial charge in [-0.2, -0.15) is 0 Å². The summed E-state index contributed by atoms with van der Waals surface area (Å²) in [6.45, 7) is 2.82. The molecule has 0 atom stereocenters. The second-order valence-corrected chi connectivity index (χ2v) is 9.16. The number of hydrogen-bond donors (Lipinski definition) is 1. The van der Waals surface area contributed by atoms with Crippen LogP contribution in [-0.2, 0) is 11.3 Å². The highest BCUT2D eigenvalue weighted by Crippen LogP contribution is 2.38. The van der Waals surface area contributed by atoms with Gasteiger partial charge < -0.3 is 4.57 Å². The molecular weight excluding hydrogens is 438 g/mol. The van der Waals surface area contributed by atoms with Crippen molar-refractivity contribution in [3.63, 3.8) is 0 Å². The Morgan fingerprint density at radius 1 is 1.00 bits per heavy atom. The standard InChI is InChI=1S/C26H20ClN3OS/c1-17-10-12-18(13-11-17)15-29-16-19(20-6-2-4-8-22(20)29)14-24-25(31)30(26(28)32-24)23-9-5-3-7-21(23)27/h2-14,16,28H,15H2,1H3. The molecule has 32 heavy (non-hydrogen) atoms. The summed E-state index contributed by atoms with van der Waals surface area (Å²) in [7, 11) is 0. The minimum Gasteiger partial charge on any atom is -0.342 e. The number of rotatable bonds is 4. The van der Waals surface area contributed by atoms with Crippen LogP contribution in [0.5, 0.6) is 0 Å². The van der Waals surface area contributed by atoms with Gasteiger partial charge in [0, 0.05) is 29.2 Å². The Bertz CT molecular complexity index is 1390. The number of hydrogen-bond acceptors (Lipinski definition) is 3. The normalized spacial score (nSPS) is 15.3. The molecule has 0 bridgehead atoms. The van der Waals surface area contributed by atoms with Crippen LogP contribution in [0.2, 0.25) is 5.02 Å². The Morgan fingerprint density at radius 2 is 1.72 bits per heavy atom. The van der Waals surface area contributed by atoms with Crippen molar-refractivity contribution in [2.24, 2.45) is 0 Å². The van der Waals surface area contributed by atoms with Gasteiger partial charge in [-0.3, -0.25) is 15.1 Å². The lowest BCUT2D eigenvalue weighted by Crippen LogP contribution is -2.28. The van der Waals surface area contributed by atoms with Gasteiger partial charge in [-0.15, -0.1) is 0 Å². The molecule has 0 unspecified atom stereocenters. The number of halogens is 1. The molecule has 0 saturated carbocycles. The average Bonchev–Trinajstić information content (AvgIpc) is 3.27. The van der Waals surface area contributed by atoms with Crippen LogP contribution in [0.4, 0.5) is 5.69 Å². The summed E-state index contributed by atoms with van der Waals surface area (Å²) >= 11 is 7.44. The first-order chi connectivity index (χ1) is 15.5. The maximum absolute atomic E-state index is 13.2. The summed E-state index contributed by atoms with van der Waals surface area (Å²) in [5, 5.41) is 10.0. The number of anilines is 1. The van der Waals surface area contributed by atoms with Gasteiger partial charge in [-0.05, 0) is 48.5 Å². The number of thioether (sulfide) groups is 1. The van der Waals surface area contributed by atoms with Crippen LogP contribution in [0.25, 0.3) is 17.0 Å². The Labute approximate surface area is 195 Å². The van der Waals surface area contributed by atoms with Crippen molar-refractivity contribution < 1.29 is 4.79 Å². The smallest absolute Gasteiger partial charge is 0.271 e. The second kappa shape index (κ2) is 8.34. The molecule has 2 heterocycles. The van der Waals surface area contributed by atoms with Crippen molar-refractivity contribution in [2.75, 3.05) is 4.90 Å². The highest BCUT2D eigenvalue weighted by molar-refractivity contribution is 8.19. The maximum Gasteiger partial charge on any atom is 0.271 e. The van der Waals surface area contributed by atoms with Crippen molar-refractivity contribution >= 4 is 57.1 Å². The third kappa shape index (κ3) is 3.74. The summed E-state index contributed by atoms with van der Waals surface area (Å²) < 4.78 is 2.20. The van der Waals surface area contributed by atoms with E-state index in [9.17, 15) is 4.79 Å². The average molecular weight is 458 g/mol. The van der Waals surface area contributed by atoms with Crippen molar-refractivity contribution in [3.05, 3.63) is 106 Å². The number of benzene rings is 3. The number of aromatic nitrogens is 1. The highest BCUT2D eigenvalue weighted by Gasteiger charge is 2.34. The summed E-state index contributed by atoms with van der Waals surface area (Å²) in [4.78, 5) is 15.0. The summed E-state index contributed by atoms with van der Waals surface area (Å²) in [6, 6.07) is 23.8. The molecule has 1 aromatic heterocycles. The molecule has 1 N–H and O–H groups in total. The van der Waals surface area contributed by atoms with E-state index in [-0.39, 0.29) is 11.1 Å². The molecule has 1 aliphatic rings. The zero-order valence-corrected chi connectivity index (χ0v) is 19.0. The first kappa shape index (κ1) is 20.6. The molecular formula is C26H20ClN3OS. The van der Waals surface area contributed by atoms with Crippen LogP contribution in [-0.4, -0.2) is 15.6 Å². The fourth-order valence-corrected chi connectivity index (χ4v) is 4.96. The fourth-order valence-electron chi connectivity index (χ4n) is 3.89. The van der Waals surface area contributed by atoms with Crippen LogP contribution >= 0.6 is 23.4 Å². The number of fused-ring (bicyclic) bond motifs is 1. The molecule has 1 aliphatic heterocycles. The van der Waals surface area contributed by atoms with Gasteiger partial charge in [0.15, 0.2) is 5.17 Å². The van der Waals surface area contributed by atoms with Crippen LogP contribution in [0.3, 0.4) is 0 Å². The summed E-state index contributed by atoms with van der Waals surface area (Å²) in [5.74, 6) is -0.233. The molecule has 1 saturated heterocycles. The molecule has 4 aromatic rings. The van der Waals surface area contributed by atoms with E-state index in [4.69, 9.17) is 17.0 Å². The molecule has 4 nitrogen and oxygen atoms in total. The monoisotopic (exact) mass is 457 g/mol. The van der Waals surface area contributed by atoms with E-state index in [0.717, 1.165) is 34.8 Å². The highest BCUT2D eigenvalue weighted by atomic mass is 35.5. The van der Waals surface area contributed by atoms with Gasteiger partial charge in [0.25, 0.3) is 5.91 Å². The number of nitrogens with zero attached hydrogens (tertiary/aromatic N) is 2. The third-order valence-corrected chi connectivity index (χ3v) is 6.70. The first-order valence-electron chi connectivity index (χ1n) is 10.2. The predicted octanol–water partition coefficient (Wildman–Crippen LogP) is 6.71. The van der Waals surface area contributed by atoms with Gasteiger partial charge in [-0.1, -0.05) is 71.8 Å². The third-order valence-electron chi connectivity index (χ3n) is 5.50. The number of para-hydroxylation sites is 2. The van der Waals surface area contributed by atoms with Crippen molar-refractivity contribution in [1.29, 1.82) is 5.41 Å². The van der Waals surface area contributed by atoms with Crippen molar-refractivity contribution in [1.82, 2.24) is 4.57 Å². The second-order valence-electron chi connectivity index (χ2n) is 7.72. The SMILES string of the molecule is Cc1ccc(Cn2cc(C=C3SC(=N)N(c4ccccc4Cl)C3=O)c3ccccc32)cc1. The molecule has 3 aromatic carbocycles. The molecule has 0 radical (unpaired) electrons. The Morgan fingerprint density at radius 3 is 2.50 bits per heavy atom. The van der Waals surface area contributed by atoms with E-state index >= 15 is 0 Å². The number of amidine groups is 1. The zero-order chi connectivity index (χ0) is 22.2. The van der Waals surface area contributed by atoms with Gasteiger partial charge in [-0.25, -0.2) is 0 Å². The van der Waals surface area contributed by atoms with Gasteiger partial charge >= 0.3 is 0 Å². The lowest BCUT2D eigenvalue weighted by Gasteiger charge is -2.15. The van der Waals surface area contributed by atoms with Crippen LogP contribution in [0.1, 0.15) is 16.7 Å². The van der Waals surface area contributed by atoms with E-state index in [1.807, 2.05) is 30.3 Å². The number of amides is 1. The molecule has 5 rings (SSSR count). The fraction of sp³-hybridized carbons (Fsp3) is 0.0769. The molecule has 1 amide bonds. The molecule has 0 spiro atoms. The van der Waals surface area contributed by atoms with Crippen LogP contribution in [0.15, 0.2) is 83.9 Å². The van der Waals surface area contributed by atoms with E-state index in [1.54, 1.807) is 12.1 Å². The Balaban J connectivity index is 1.53. The Kier molecular flexibility index (Phi) is 5.37. The molecule has 6 heteroatoms. The minimum atomic E-state index is -0.233. The van der Waals surface area contributed by atoms with Gasteiger partial charge in [0.2, 0.25) is 0 Å². The topological polar surface area (TPSA) is 49.1 Å². The van der Waals surface area contributed by atoms with Crippen LogP contribution < -0.4 is 4.90 Å². The van der Waals surface area contributed by atoms with E-state index in [2.05, 4.69) is 54.1 Å². The van der Waals surface area contributed by atoms with Gasteiger partial charge in [0.1, 0.15) is 0 Å². The van der Waals surface area contributed by atoms with E-state index in [1.165, 1.54) is 16.0 Å². The van der Waals surface area contributed by atoms with Crippen molar-refractivity contribution in [2.45, 2.75) is 13.5 Å². The largest absolute Gasteiger partial charge is 0.342 e. The lowest BCUT2D eigenvalue weighted by molar-refractivity contribution is -0.113. The quantitative estimate of drug-likeness (QED) is 0.346. The number of carbonyl (C=O) groups excluding carboxylic acids is 1.